The summed E-state index contributed by atoms with van der Waals surface area (Å²) < 4.78 is 5.61. The monoisotopic (exact) mass is 416 g/mol. The predicted molar refractivity (Wildman–Crippen MR) is 119 cm³/mol. The van der Waals surface area contributed by atoms with Crippen LogP contribution in [0.1, 0.15) is 50.3 Å². The van der Waals surface area contributed by atoms with Gasteiger partial charge in [0.15, 0.2) is 0 Å². The minimum absolute atomic E-state index is 0.166. The molecular formula is C23H36N4O3. The molecule has 0 spiro atoms. The van der Waals surface area contributed by atoms with E-state index < -0.39 is 0 Å². The number of carbonyl (C=O) groups excluding carboxylic acids is 2. The van der Waals surface area contributed by atoms with Crippen molar-refractivity contribution in [1.82, 2.24) is 15.1 Å². The van der Waals surface area contributed by atoms with Gasteiger partial charge in [0.25, 0.3) is 0 Å². The number of alkyl carbamates (subject to hydrolysis) is 1. The van der Waals surface area contributed by atoms with Crippen molar-refractivity contribution in [2.45, 2.75) is 45.6 Å². The topological polar surface area (TPSA) is 65.1 Å². The Morgan fingerprint density at radius 1 is 1.17 bits per heavy atom. The van der Waals surface area contributed by atoms with E-state index >= 15 is 0 Å². The van der Waals surface area contributed by atoms with E-state index in [4.69, 9.17) is 4.74 Å². The molecule has 1 aliphatic heterocycles. The maximum Gasteiger partial charge on any atom is 0.407 e. The van der Waals surface area contributed by atoms with Crippen molar-refractivity contribution in [2.75, 3.05) is 57.8 Å². The van der Waals surface area contributed by atoms with Crippen LogP contribution in [0.3, 0.4) is 0 Å². The Balaban J connectivity index is 1.56. The van der Waals surface area contributed by atoms with Gasteiger partial charge in [0.05, 0.1) is 0 Å². The number of hydrogen-bond donors (Lipinski definition) is 1. The molecule has 7 heteroatoms. The molecule has 0 saturated carbocycles. The predicted octanol–water partition coefficient (Wildman–Crippen LogP) is 2.80. The van der Waals surface area contributed by atoms with Gasteiger partial charge in [-0.2, -0.15) is 0 Å². The first kappa shape index (κ1) is 22.4. The van der Waals surface area contributed by atoms with E-state index in [1.54, 1.807) is 7.05 Å². The highest BCUT2D eigenvalue weighted by Crippen LogP contribution is 2.35. The molecular weight excluding hydrogens is 380 g/mol. The highest BCUT2D eigenvalue weighted by molar-refractivity contribution is 5.76. The summed E-state index contributed by atoms with van der Waals surface area (Å²) >= 11 is 0. The third-order valence-corrected chi connectivity index (χ3v) is 6.34. The van der Waals surface area contributed by atoms with Crippen molar-refractivity contribution in [1.29, 1.82) is 0 Å². The molecule has 1 aromatic carbocycles. The number of nitrogens with one attached hydrogen (secondary N) is 1. The second kappa shape index (κ2) is 10.7. The number of carbonyl (C=O) groups is 2. The van der Waals surface area contributed by atoms with Crippen molar-refractivity contribution >= 4 is 17.7 Å². The molecule has 1 unspecified atom stereocenters. The zero-order chi connectivity index (χ0) is 21.5. The van der Waals surface area contributed by atoms with Gasteiger partial charge in [-0.05, 0) is 56.4 Å². The van der Waals surface area contributed by atoms with Gasteiger partial charge in [-0.15, -0.1) is 0 Å². The normalized spacial score (nSPS) is 19.2. The summed E-state index contributed by atoms with van der Waals surface area (Å²) in [4.78, 5) is 30.7. The fourth-order valence-electron chi connectivity index (χ4n) is 4.47. The lowest BCUT2D eigenvalue weighted by Gasteiger charge is -2.37. The lowest BCUT2D eigenvalue weighted by Crippen LogP contribution is -2.47. The Morgan fingerprint density at radius 2 is 1.90 bits per heavy atom. The van der Waals surface area contributed by atoms with Gasteiger partial charge in [0.2, 0.25) is 5.91 Å². The zero-order valence-electron chi connectivity index (χ0n) is 18.7. The van der Waals surface area contributed by atoms with Crippen LogP contribution < -0.4 is 10.2 Å². The third-order valence-electron chi connectivity index (χ3n) is 6.34. The number of fused-ring (bicyclic) bond motifs is 1. The second-order valence-corrected chi connectivity index (χ2v) is 8.06. The Bertz CT molecular complexity index is 727. The van der Waals surface area contributed by atoms with Gasteiger partial charge < -0.3 is 19.9 Å². The molecule has 1 atom stereocenters. The molecule has 2 aliphatic rings. The van der Waals surface area contributed by atoms with Crippen LogP contribution in [0, 0.1) is 0 Å². The van der Waals surface area contributed by atoms with E-state index in [-0.39, 0.29) is 18.1 Å². The molecule has 1 fully saturated rings. The molecule has 0 aromatic heterocycles. The molecule has 7 nitrogen and oxygen atoms in total. The van der Waals surface area contributed by atoms with Crippen molar-refractivity contribution in [3.63, 3.8) is 0 Å². The van der Waals surface area contributed by atoms with Crippen LogP contribution in [0.15, 0.2) is 18.2 Å². The number of piperazine rings is 1. The number of ether oxygens (including phenoxy) is 1. The largest absolute Gasteiger partial charge is 0.441 e. The van der Waals surface area contributed by atoms with Gasteiger partial charge in [0.1, 0.15) is 6.10 Å². The fourth-order valence-corrected chi connectivity index (χ4v) is 4.47. The van der Waals surface area contributed by atoms with E-state index in [1.165, 1.54) is 11.3 Å². The summed E-state index contributed by atoms with van der Waals surface area (Å²) in [5.74, 6) is 0.249. The number of hydrogen-bond acceptors (Lipinski definition) is 5. The van der Waals surface area contributed by atoms with Crippen molar-refractivity contribution < 1.29 is 14.3 Å². The quantitative estimate of drug-likeness (QED) is 0.741. The van der Waals surface area contributed by atoms with Gasteiger partial charge in [-0.1, -0.05) is 6.07 Å². The number of benzene rings is 1. The molecule has 30 heavy (non-hydrogen) atoms. The van der Waals surface area contributed by atoms with Gasteiger partial charge in [-0.3, -0.25) is 9.69 Å². The number of anilines is 1. The minimum Gasteiger partial charge on any atom is -0.441 e. The summed E-state index contributed by atoms with van der Waals surface area (Å²) in [5.41, 5.74) is 3.63. The summed E-state index contributed by atoms with van der Waals surface area (Å²) in [5, 5.41) is 2.56. The maximum absolute atomic E-state index is 12.2. The SMILES string of the molecule is CCN(CC)C(=O)CCN1CCN(c2ccc3c(c2)C(OC(=O)NC)CCC3)CC1. The molecule has 3 rings (SSSR count). The van der Waals surface area contributed by atoms with Crippen LogP contribution in [0.25, 0.3) is 0 Å². The summed E-state index contributed by atoms with van der Waals surface area (Å²) in [6.07, 6.45) is 3.01. The highest BCUT2D eigenvalue weighted by Gasteiger charge is 2.25. The van der Waals surface area contributed by atoms with E-state index in [1.807, 2.05) is 18.7 Å². The molecule has 2 amide bonds. The molecule has 1 aromatic rings. The maximum atomic E-state index is 12.2. The molecule has 1 heterocycles. The summed E-state index contributed by atoms with van der Waals surface area (Å²) in [6, 6.07) is 6.60. The average Bonchev–Trinajstić information content (AvgIpc) is 2.78. The first-order chi connectivity index (χ1) is 14.5. The minimum atomic E-state index is -0.369. The highest BCUT2D eigenvalue weighted by atomic mass is 16.6. The Hall–Kier alpha value is -2.28. The molecule has 1 aliphatic carbocycles. The van der Waals surface area contributed by atoms with Crippen LogP contribution in [0.2, 0.25) is 0 Å². The second-order valence-electron chi connectivity index (χ2n) is 8.06. The van der Waals surface area contributed by atoms with Crippen LogP contribution >= 0.6 is 0 Å². The van der Waals surface area contributed by atoms with E-state index in [2.05, 4.69) is 33.3 Å². The van der Waals surface area contributed by atoms with Crippen LogP contribution in [-0.4, -0.2) is 74.7 Å². The molecule has 0 radical (unpaired) electrons. The zero-order valence-corrected chi connectivity index (χ0v) is 18.7. The Morgan fingerprint density at radius 3 is 2.57 bits per heavy atom. The Labute approximate surface area is 180 Å². The van der Waals surface area contributed by atoms with Crippen molar-refractivity contribution in [3.05, 3.63) is 29.3 Å². The van der Waals surface area contributed by atoms with Crippen LogP contribution in [0.4, 0.5) is 10.5 Å². The average molecular weight is 417 g/mol. The lowest BCUT2D eigenvalue weighted by atomic mass is 9.89. The molecule has 0 bridgehead atoms. The fraction of sp³-hybridized carbons (Fsp3) is 0.652. The standard InChI is InChI=1S/C23H36N4O3/c1-4-26(5-2)22(28)11-12-25-13-15-27(16-14-25)19-10-9-18-7-6-8-21(20(18)17-19)30-23(29)24-3/h9-10,17,21H,4-8,11-16H2,1-3H3,(H,24,29). The first-order valence-corrected chi connectivity index (χ1v) is 11.3. The summed E-state index contributed by atoms with van der Waals surface area (Å²) in [7, 11) is 1.59. The number of nitrogens with zero attached hydrogens (tertiary/aromatic N) is 3. The molecule has 1 saturated heterocycles. The van der Waals surface area contributed by atoms with E-state index in [9.17, 15) is 9.59 Å². The van der Waals surface area contributed by atoms with Gasteiger partial charge in [-0.25, -0.2) is 4.79 Å². The smallest absolute Gasteiger partial charge is 0.407 e. The van der Waals surface area contributed by atoms with E-state index in [0.717, 1.165) is 70.6 Å². The number of amides is 2. The van der Waals surface area contributed by atoms with Crippen molar-refractivity contribution in [2.24, 2.45) is 0 Å². The molecule has 166 valence electrons. The van der Waals surface area contributed by atoms with Gasteiger partial charge in [0, 0.05) is 65.0 Å². The van der Waals surface area contributed by atoms with Crippen LogP contribution in [0.5, 0.6) is 0 Å². The van der Waals surface area contributed by atoms with Crippen LogP contribution in [-0.2, 0) is 16.0 Å². The van der Waals surface area contributed by atoms with Crippen molar-refractivity contribution in [3.8, 4) is 0 Å². The lowest BCUT2D eigenvalue weighted by molar-refractivity contribution is -0.131. The first-order valence-electron chi connectivity index (χ1n) is 11.3. The number of aryl methyl sites for hydroxylation is 1. The summed E-state index contributed by atoms with van der Waals surface area (Å²) in [6.45, 7) is 10.3. The van der Waals surface area contributed by atoms with Gasteiger partial charge >= 0.3 is 6.09 Å². The molecule has 1 N–H and O–H groups in total. The third kappa shape index (κ3) is 5.45. The Kier molecular flexibility index (Phi) is 7.96. The number of rotatable bonds is 7. The van der Waals surface area contributed by atoms with E-state index in [0.29, 0.717) is 6.42 Å².